The van der Waals surface area contributed by atoms with E-state index in [2.05, 4.69) is 27.1 Å². The average molecular weight is 238 g/mol. The van der Waals surface area contributed by atoms with Crippen LogP contribution in [0.3, 0.4) is 0 Å². The monoisotopic (exact) mass is 237 g/mol. The van der Waals surface area contributed by atoms with Crippen LogP contribution in [0.5, 0.6) is 0 Å². The third kappa shape index (κ3) is 0.761. The maximum Gasteiger partial charge on any atom is 0.0692 e. The SMILES string of the molecule is N#CC12CC(n3cc(Br)cn3)(C1)C2. The van der Waals surface area contributed by atoms with Gasteiger partial charge in [0, 0.05) is 6.20 Å². The highest BCUT2D eigenvalue weighted by Crippen LogP contribution is 2.70. The van der Waals surface area contributed by atoms with E-state index < -0.39 is 0 Å². The highest BCUT2D eigenvalue weighted by Gasteiger charge is 2.70. The lowest BCUT2D eigenvalue weighted by molar-refractivity contribution is -0.153. The van der Waals surface area contributed by atoms with Crippen LogP contribution in [0.25, 0.3) is 0 Å². The number of nitrogens with zero attached hydrogens (tertiary/aromatic N) is 3. The minimum Gasteiger partial charge on any atom is -0.265 e. The minimum atomic E-state index is 0.0123. The first-order valence-corrected chi connectivity index (χ1v) is 5.09. The van der Waals surface area contributed by atoms with Crippen LogP contribution < -0.4 is 0 Å². The zero-order chi connectivity index (χ0) is 9.10. The molecule has 0 aromatic carbocycles. The van der Waals surface area contributed by atoms with Gasteiger partial charge in [0.1, 0.15) is 0 Å². The molecule has 1 heterocycles. The molecule has 4 rings (SSSR count). The predicted molar refractivity (Wildman–Crippen MR) is 49.8 cm³/mol. The summed E-state index contributed by atoms with van der Waals surface area (Å²) < 4.78 is 3.03. The molecule has 0 aliphatic heterocycles. The Bertz CT molecular complexity index is 395. The second-order valence-electron chi connectivity index (χ2n) is 4.25. The Morgan fingerprint density at radius 2 is 2.23 bits per heavy atom. The molecular formula is C9H8BrN3. The molecule has 0 spiro atoms. The van der Waals surface area contributed by atoms with Gasteiger partial charge < -0.3 is 0 Å². The van der Waals surface area contributed by atoms with E-state index in [1.54, 1.807) is 6.20 Å². The van der Waals surface area contributed by atoms with Gasteiger partial charge in [-0.05, 0) is 35.2 Å². The van der Waals surface area contributed by atoms with Crippen LogP contribution in [0.1, 0.15) is 19.3 Å². The van der Waals surface area contributed by atoms with E-state index in [0.29, 0.717) is 0 Å². The van der Waals surface area contributed by atoms with Gasteiger partial charge in [0.2, 0.25) is 0 Å². The van der Waals surface area contributed by atoms with E-state index in [1.807, 2.05) is 10.9 Å². The summed E-state index contributed by atoms with van der Waals surface area (Å²) in [7, 11) is 0. The Hall–Kier alpha value is -0.820. The van der Waals surface area contributed by atoms with Crippen molar-refractivity contribution < 1.29 is 0 Å². The number of nitriles is 1. The van der Waals surface area contributed by atoms with Gasteiger partial charge in [-0.1, -0.05) is 0 Å². The maximum absolute atomic E-state index is 8.86. The Kier molecular flexibility index (Phi) is 1.15. The average Bonchev–Trinajstić information content (AvgIpc) is 2.31. The second kappa shape index (κ2) is 1.98. The number of rotatable bonds is 1. The van der Waals surface area contributed by atoms with Crippen LogP contribution in [0.2, 0.25) is 0 Å². The van der Waals surface area contributed by atoms with Gasteiger partial charge in [0.15, 0.2) is 0 Å². The fourth-order valence-corrected chi connectivity index (χ4v) is 2.94. The number of halogens is 1. The summed E-state index contributed by atoms with van der Waals surface area (Å²) >= 11 is 3.38. The van der Waals surface area contributed by atoms with E-state index in [-0.39, 0.29) is 11.0 Å². The lowest BCUT2D eigenvalue weighted by atomic mass is 9.40. The molecule has 1 aromatic rings. The van der Waals surface area contributed by atoms with Gasteiger partial charge >= 0.3 is 0 Å². The smallest absolute Gasteiger partial charge is 0.0692 e. The summed E-state index contributed by atoms with van der Waals surface area (Å²) in [6.07, 6.45) is 6.78. The molecule has 3 nitrogen and oxygen atoms in total. The van der Waals surface area contributed by atoms with Crippen LogP contribution in [0, 0.1) is 16.7 Å². The van der Waals surface area contributed by atoms with Gasteiger partial charge in [-0.3, -0.25) is 4.68 Å². The van der Waals surface area contributed by atoms with Gasteiger partial charge in [-0.15, -0.1) is 0 Å². The molecule has 3 saturated carbocycles. The van der Waals surface area contributed by atoms with Crippen molar-refractivity contribution in [2.45, 2.75) is 24.8 Å². The van der Waals surface area contributed by atoms with E-state index >= 15 is 0 Å². The highest BCUT2D eigenvalue weighted by atomic mass is 79.9. The molecule has 66 valence electrons. The van der Waals surface area contributed by atoms with Crippen LogP contribution in [0.4, 0.5) is 0 Å². The first-order chi connectivity index (χ1) is 6.18. The van der Waals surface area contributed by atoms with Crippen molar-refractivity contribution in [3.8, 4) is 6.07 Å². The van der Waals surface area contributed by atoms with Crippen molar-refractivity contribution in [1.29, 1.82) is 5.26 Å². The molecule has 0 N–H and O–H groups in total. The zero-order valence-electron chi connectivity index (χ0n) is 7.00. The number of hydrogen-bond donors (Lipinski definition) is 0. The summed E-state index contributed by atoms with van der Waals surface area (Å²) in [6, 6.07) is 2.39. The van der Waals surface area contributed by atoms with Crippen molar-refractivity contribution in [3.05, 3.63) is 16.9 Å². The quantitative estimate of drug-likeness (QED) is 0.751. The Morgan fingerprint density at radius 3 is 2.69 bits per heavy atom. The lowest BCUT2D eigenvalue weighted by Gasteiger charge is -2.66. The van der Waals surface area contributed by atoms with Gasteiger partial charge in [-0.2, -0.15) is 10.4 Å². The standard InChI is InChI=1S/C9H8BrN3/c10-7-1-12-13(2-7)9-3-8(4-9,5-9)6-11/h1-2H,3-5H2. The summed E-state index contributed by atoms with van der Waals surface area (Å²) in [5, 5.41) is 13.1. The van der Waals surface area contributed by atoms with E-state index in [1.165, 1.54) is 0 Å². The Labute approximate surface area is 84.5 Å². The summed E-state index contributed by atoms with van der Waals surface area (Å²) in [5.41, 5.74) is 0.209. The molecule has 3 fully saturated rings. The highest BCUT2D eigenvalue weighted by molar-refractivity contribution is 9.10. The van der Waals surface area contributed by atoms with E-state index in [9.17, 15) is 0 Å². The van der Waals surface area contributed by atoms with Crippen LogP contribution in [-0.4, -0.2) is 9.78 Å². The van der Waals surface area contributed by atoms with Crippen LogP contribution in [0.15, 0.2) is 16.9 Å². The maximum atomic E-state index is 8.86. The molecule has 0 atom stereocenters. The number of hydrogen-bond acceptors (Lipinski definition) is 2. The Balaban J connectivity index is 1.89. The van der Waals surface area contributed by atoms with Crippen molar-refractivity contribution >= 4 is 15.9 Å². The van der Waals surface area contributed by atoms with Gasteiger partial charge in [0.05, 0.1) is 27.7 Å². The van der Waals surface area contributed by atoms with Crippen LogP contribution in [-0.2, 0) is 5.54 Å². The largest absolute Gasteiger partial charge is 0.265 e. The predicted octanol–water partition coefficient (Wildman–Crippen LogP) is 2.05. The summed E-state index contributed by atoms with van der Waals surface area (Å²) in [4.78, 5) is 0. The molecule has 3 aliphatic carbocycles. The molecular weight excluding hydrogens is 230 g/mol. The second-order valence-corrected chi connectivity index (χ2v) is 5.17. The third-order valence-corrected chi connectivity index (χ3v) is 3.69. The summed E-state index contributed by atoms with van der Waals surface area (Å²) in [5.74, 6) is 0. The van der Waals surface area contributed by atoms with Gasteiger partial charge in [-0.25, -0.2) is 0 Å². The van der Waals surface area contributed by atoms with Gasteiger partial charge in [0.25, 0.3) is 0 Å². The molecule has 4 heteroatoms. The molecule has 1 aromatic heterocycles. The molecule has 13 heavy (non-hydrogen) atoms. The molecule has 0 unspecified atom stereocenters. The molecule has 0 saturated heterocycles. The molecule has 2 bridgehead atoms. The fourth-order valence-electron chi connectivity index (χ4n) is 2.66. The Morgan fingerprint density at radius 1 is 1.54 bits per heavy atom. The summed E-state index contributed by atoms with van der Waals surface area (Å²) in [6.45, 7) is 0. The van der Waals surface area contributed by atoms with E-state index in [4.69, 9.17) is 5.26 Å². The topological polar surface area (TPSA) is 41.6 Å². The first kappa shape index (κ1) is 7.57. The van der Waals surface area contributed by atoms with Crippen molar-refractivity contribution in [1.82, 2.24) is 9.78 Å². The first-order valence-electron chi connectivity index (χ1n) is 4.30. The third-order valence-electron chi connectivity index (χ3n) is 3.28. The molecule has 0 radical (unpaired) electrons. The van der Waals surface area contributed by atoms with Crippen molar-refractivity contribution in [2.75, 3.05) is 0 Å². The van der Waals surface area contributed by atoms with Crippen molar-refractivity contribution in [3.63, 3.8) is 0 Å². The number of aromatic nitrogens is 2. The zero-order valence-corrected chi connectivity index (χ0v) is 8.58. The van der Waals surface area contributed by atoms with Crippen LogP contribution >= 0.6 is 15.9 Å². The minimum absolute atomic E-state index is 0.0123. The normalized spacial score (nSPS) is 40.3. The molecule has 0 amide bonds. The van der Waals surface area contributed by atoms with E-state index in [0.717, 1.165) is 23.7 Å². The van der Waals surface area contributed by atoms with Crippen molar-refractivity contribution in [2.24, 2.45) is 5.41 Å². The fraction of sp³-hybridized carbons (Fsp3) is 0.556. The molecule has 3 aliphatic rings. The lowest BCUT2D eigenvalue weighted by Crippen LogP contribution is -2.67.